The SMILES string of the molecule is Cc1cc(N(C)N)nc2ccccc12. The Morgan fingerprint density at radius 3 is 2.71 bits per heavy atom. The summed E-state index contributed by atoms with van der Waals surface area (Å²) in [5.41, 5.74) is 2.18. The van der Waals surface area contributed by atoms with Gasteiger partial charge in [-0.05, 0) is 24.6 Å². The molecule has 2 rings (SSSR count). The first-order valence-corrected chi connectivity index (χ1v) is 4.53. The number of pyridine rings is 1. The number of nitrogens with two attached hydrogens (primary N) is 1. The highest BCUT2D eigenvalue weighted by Crippen LogP contribution is 2.20. The number of benzene rings is 1. The molecule has 0 aliphatic rings. The molecule has 1 aromatic carbocycles. The third-order valence-corrected chi connectivity index (χ3v) is 2.27. The van der Waals surface area contributed by atoms with Crippen LogP contribution in [-0.4, -0.2) is 12.0 Å². The Hall–Kier alpha value is -1.61. The number of aromatic nitrogens is 1. The number of anilines is 1. The lowest BCUT2D eigenvalue weighted by molar-refractivity contribution is 0.983. The smallest absolute Gasteiger partial charge is 0.143 e. The van der Waals surface area contributed by atoms with Crippen molar-refractivity contribution in [3.63, 3.8) is 0 Å². The molecule has 2 aromatic rings. The van der Waals surface area contributed by atoms with Gasteiger partial charge in [0, 0.05) is 12.4 Å². The summed E-state index contributed by atoms with van der Waals surface area (Å²) in [6.45, 7) is 2.07. The van der Waals surface area contributed by atoms with E-state index in [1.54, 1.807) is 7.05 Å². The van der Waals surface area contributed by atoms with Gasteiger partial charge in [-0.15, -0.1) is 0 Å². The van der Waals surface area contributed by atoms with E-state index in [4.69, 9.17) is 5.84 Å². The van der Waals surface area contributed by atoms with Gasteiger partial charge in [0.05, 0.1) is 5.52 Å². The second-order valence-electron chi connectivity index (χ2n) is 3.43. The number of aryl methyl sites for hydroxylation is 1. The van der Waals surface area contributed by atoms with Crippen LogP contribution in [0.2, 0.25) is 0 Å². The van der Waals surface area contributed by atoms with Gasteiger partial charge in [0.1, 0.15) is 5.82 Å². The minimum Gasteiger partial charge on any atom is -0.298 e. The Balaban J connectivity index is 2.72. The van der Waals surface area contributed by atoms with Crippen molar-refractivity contribution in [3.05, 3.63) is 35.9 Å². The second-order valence-corrected chi connectivity index (χ2v) is 3.43. The van der Waals surface area contributed by atoms with Gasteiger partial charge >= 0.3 is 0 Å². The number of nitrogens with zero attached hydrogens (tertiary/aromatic N) is 2. The minimum atomic E-state index is 0.793. The number of fused-ring (bicyclic) bond motifs is 1. The molecular weight excluding hydrogens is 174 g/mol. The molecule has 0 aliphatic carbocycles. The first-order chi connectivity index (χ1) is 6.68. The molecule has 0 atom stereocenters. The van der Waals surface area contributed by atoms with E-state index in [9.17, 15) is 0 Å². The van der Waals surface area contributed by atoms with Gasteiger partial charge in [0.25, 0.3) is 0 Å². The molecule has 0 saturated heterocycles. The molecule has 3 heteroatoms. The van der Waals surface area contributed by atoms with Crippen LogP contribution in [0.25, 0.3) is 10.9 Å². The van der Waals surface area contributed by atoms with Crippen molar-refractivity contribution in [2.24, 2.45) is 5.84 Å². The van der Waals surface area contributed by atoms with Crippen LogP contribution >= 0.6 is 0 Å². The summed E-state index contributed by atoms with van der Waals surface area (Å²) >= 11 is 0. The number of hydrogen-bond acceptors (Lipinski definition) is 3. The van der Waals surface area contributed by atoms with Crippen LogP contribution in [0.4, 0.5) is 5.82 Å². The fourth-order valence-corrected chi connectivity index (χ4v) is 1.51. The van der Waals surface area contributed by atoms with Crippen LogP contribution < -0.4 is 10.9 Å². The Bertz CT molecular complexity index is 463. The Morgan fingerprint density at radius 2 is 2.00 bits per heavy atom. The molecule has 2 N–H and O–H groups in total. The number of rotatable bonds is 1. The molecule has 1 heterocycles. The highest BCUT2D eigenvalue weighted by molar-refractivity contribution is 5.83. The van der Waals surface area contributed by atoms with Gasteiger partial charge in [0.2, 0.25) is 0 Å². The summed E-state index contributed by atoms with van der Waals surface area (Å²) in [4.78, 5) is 4.44. The predicted molar refractivity (Wildman–Crippen MR) is 59.1 cm³/mol. The zero-order valence-corrected chi connectivity index (χ0v) is 8.36. The molecule has 3 nitrogen and oxygen atoms in total. The monoisotopic (exact) mass is 187 g/mol. The zero-order chi connectivity index (χ0) is 10.1. The van der Waals surface area contributed by atoms with Gasteiger partial charge in [-0.3, -0.25) is 5.01 Å². The first-order valence-electron chi connectivity index (χ1n) is 4.53. The minimum absolute atomic E-state index is 0.793. The van der Waals surface area contributed by atoms with E-state index in [1.807, 2.05) is 24.3 Å². The molecule has 1 aromatic heterocycles. The first kappa shape index (κ1) is 8.97. The van der Waals surface area contributed by atoms with Crippen molar-refractivity contribution in [2.45, 2.75) is 6.92 Å². The molecule has 0 amide bonds. The topological polar surface area (TPSA) is 42.1 Å². The molecule has 0 aliphatic heterocycles. The fourth-order valence-electron chi connectivity index (χ4n) is 1.51. The maximum absolute atomic E-state index is 5.64. The molecule has 0 spiro atoms. The van der Waals surface area contributed by atoms with Gasteiger partial charge in [-0.2, -0.15) is 0 Å². The van der Waals surface area contributed by atoms with Crippen LogP contribution in [-0.2, 0) is 0 Å². The molecule has 14 heavy (non-hydrogen) atoms. The second kappa shape index (κ2) is 3.27. The summed E-state index contributed by atoms with van der Waals surface area (Å²) in [5, 5.41) is 2.71. The summed E-state index contributed by atoms with van der Waals surface area (Å²) in [6, 6.07) is 10.0. The molecule has 0 radical (unpaired) electrons. The normalized spacial score (nSPS) is 10.5. The van der Waals surface area contributed by atoms with Crippen molar-refractivity contribution in [1.29, 1.82) is 0 Å². The van der Waals surface area contributed by atoms with Crippen LogP contribution in [0.5, 0.6) is 0 Å². The van der Waals surface area contributed by atoms with Crippen LogP contribution in [0, 0.1) is 6.92 Å². The summed E-state index contributed by atoms with van der Waals surface area (Å²) < 4.78 is 0. The molecule has 0 unspecified atom stereocenters. The summed E-state index contributed by atoms with van der Waals surface area (Å²) in [7, 11) is 1.79. The third kappa shape index (κ3) is 1.42. The predicted octanol–water partition coefficient (Wildman–Crippen LogP) is 1.85. The van der Waals surface area contributed by atoms with Crippen LogP contribution in [0.15, 0.2) is 30.3 Å². The van der Waals surface area contributed by atoms with E-state index in [1.165, 1.54) is 16.0 Å². The lowest BCUT2D eigenvalue weighted by Gasteiger charge is -2.12. The molecule has 72 valence electrons. The molecule has 0 fully saturated rings. The van der Waals surface area contributed by atoms with E-state index in [0.717, 1.165) is 11.3 Å². The Kier molecular flexibility index (Phi) is 2.09. The van der Waals surface area contributed by atoms with Crippen molar-refractivity contribution in [1.82, 2.24) is 4.98 Å². The molecular formula is C11H13N3. The van der Waals surface area contributed by atoms with Gasteiger partial charge in [0.15, 0.2) is 0 Å². The average Bonchev–Trinajstić information content (AvgIpc) is 2.17. The summed E-state index contributed by atoms with van der Waals surface area (Å²) in [6.07, 6.45) is 0. The number of hydrogen-bond donors (Lipinski definition) is 1. The lowest BCUT2D eigenvalue weighted by Crippen LogP contribution is -2.26. The van der Waals surface area contributed by atoms with E-state index < -0.39 is 0 Å². The Morgan fingerprint density at radius 1 is 1.29 bits per heavy atom. The van der Waals surface area contributed by atoms with Crippen LogP contribution in [0.3, 0.4) is 0 Å². The van der Waals surface area contributed by atoms with Crippen molar-refractivity contribution in [3.8, 4) is 0 Å². The van der Waals surface area contributed by atoms with Crippen LogP contribution in [0.1, 0.15) is 5.56 Å². The maximum atomic E-state index is 5.64. The highest BCUT2D eigenvalue weighted by Gasteiger charge is 2.02. The van der Waals surface area contributed by atoms with E-state index in [-0.39, 0.29) is 0 Å². The van der Waals surface area contributed by atoms with E-state index in [0.29, 0.717) is 0 Å². The number of para-hydroxylation sites is 1. The maximum Gasteiger partial charge on any atom is 0.143 e. The molecule has 0 saturated carbocycles. The number of hydrazine groups is 1. The van der Waals surface area contributed by atoms with E-state index in [2.05, 4.69) is 18.0 Å². The van der Waals surface area contributed by atoms with E-state index >= 15 is 0 Å². The average molecular weight is 187 g/mol. The zero-order valence-electron chi connectivity index (χ0n) is 8.36. The van der Waals surface area contributed by atoms with Crippen molar-refractivity contribution < 1.29 is 0 Å². The Labute approximate surface area is 83.1 Å². The summed E-state index contributed by atoms with van der Waals surface area (Å²) in [5.74, 6) is 6.44. The van der Waals surface area contributed by atoms with Crippen molar-refractivity contribution in [2.75, 3.05) is 12.1 Å². The largest absolute Gasteiger partial charge is 0.298 e. The third-order valence-electron chi connectivity index (χ3n) is 2.27. The highest BCUT2D eigenvalue weighted by atomic mass is 15.4. The molecule has 0 bridgehead atoms. The standard InChI is InChI=1S/C11H13N3/c1-8-7-11(14(2)12)13-10-6-4-3-5-9(8)10/h3-7H,12H2,1-2H3. The van der Waals surface area contributed by atoms with Crippen molar-refractivity contribution >= 4 is 16.7 Å². The van der Waals surface area contributed by atoms with Gasteiger partial charge < -0.3 is 0 Å². The quantitative estimate of drug-likeness (QED) is 0.547. The fraction of sp³-hybridized carbons (Fsp3) is 0.182. The van der Waals surface area contributed by atoms with Gasteiger partial charge in [-0.1, -0.05) is 18.2 Å². The lowest BCUT2D eigenvalue weighted by atomic mass is 10.1. The van der Waals surface area contributed by atoms with Gasteiger partial charge in [-0.25, -0.2) is 10.8 Å².